The molecule has 2 aliphatic heterocycles. The van der Waals surface area contributed by atoms with E-state index in [1.54, 1.807) is 49.4 Å². The summed E-state index contributed by atoms with van der Waals surface area (Å²) in [7, 11) is 0. The molecule has 188 valence electrons. The molecule has 2 aliphatic rings. The van der Waals surface area contributed by atoms with E-state index in [0.717, 1.165) is 6.07 Å². The van der Waals surface area contributed by atoms with Crippen LogP contribution in [-0.4, -0.2) is 52.7 Å². The Labute approximate surface area is 212 Å². The van der Waals surface area contributed by atoms with Crippen LogP contribution in [0.3, 0.4) is 0 Å². The van der Waals surface area contributed by atoms with Gasteiger partial charge in [-0.3, -0.25) is 4.79 Å². The van der Waals surface area contributed by atoms with Crippen molar-refractivity contribution in [2.75, 3.05) is 11.9 Å². The second kappa shape index (κ2) is 11.3. The average molecular weight is 513 g/mol. The maximum Gasteiger partial charge on any atom is 0.342 e. The van der Waals surface area contributed by atoms with E-state index in [2.05, 4.69) is 10.5 Å². The van der Waals surface area contributed by atoms with E-state index >= 15 is 0 Å². The molecule has 0 bridgehead atoms. The third kappa shape index (κ3) is 6.44. The standard InChI is InChI=1S/C26H25ClN2O7/c1-15-11-22-21(36-22)10-6-5-9-17(29-34-14-23(32)28-16-7-3-2-4-8-16)12-18-24(26(33)35-15)19(30)13-20(31)25(18)27/h2-10,13,15,21-22,30-31H,11-12,14H2,1H3,(H,28,32)/b9-5+,10-6+,29-17+/t15-,21-,22-/m1/s1. The molecule has 0 saturated carbocycles. The van der Waals surface area contributed by atoms with Gasteiger partial charge in [0, 0.05) is 24.6 Å². The molecule has 0 aromatic heterocycles. The third-order valence-electron chi connectivity index (χ3n) is 5.51. The van der Waals surface area contributed by atoms with Gasteiger partial charge in [0.1, 0.15) is 29.3 Å². The van der Waals surface area contributed by atoms with Crippen molar-refractivity contribution in [2.45, 2.75) is 38.1 Å². The van der Waals surface area contributed by atoms with Gasteiger partial charge in [-0.1, -0.05) is 53.2 Å². The Kier molecular flexibility index (Phi) is 7.92. The summed E-state index contributed by atoms with van der Waals surface area (Å²) in [6.07, 6.45) is 6.67. The van der Waals surface area contributed by atoms with E-state index in [9.17, 15) is 19.8 Å². The number of hydrogen-bond acceptors (Lipinski definition) is 8. The van der Waals surface area contributed by atoms with Crippen molar-refractivity contribution in [3.05, 3.63) is 76.9 Å². The molecule has 1 saturated heterocycles. The number of esters is 1. The van der Waals surface area contributed by atoms with Crippen molar-refractivity contribution in [1.29, 1.82) is 0 Å². The molecule has 36 heavy (non-hydrogen) atoms. The number of halogens is 1. The molecule has 4 rings (SSSR count). The summed E-state index contributed by atoms with van der Waals surface area (Å²) < 4.78 is 11.1. The van der Waals surface area contributed by atoms with E-state index in [0.29, 0.717) is 12.1 Å². The number of hydrogen-bond donors (Lipinski definition) is 3. The molecule has 2 aromatic rings. The van der Waals surface area contributed by atoms with Crippen molar-refractivity contribution in [3.8, 4) is 11.5 Å². The molecule has 0 unspecified atom stereocenters. The number of fused-ring (bicyclic) bond motifs is 2. The number of para-hydroxylation sites is 1. The fourth-order valence-electron chi connectivity index (χ4n) is 3.75. The number of carbonyl (C=O) groups is 2. The number of amides is 1. The molecule has 0 aliphatic carbocycles. The number of ether oxygens (including phenoxy) is 2. The summed E-state index contributed by atoms with van der Waals surface area (Å²) in [5.74, 6) is -2.11. The van der Waals surface area contributed by atoms with Crippen LogP contribution in [0.5, 0.6) is 11.5 Å². The van der Waals surface area contributed by atoms with Crippen molar-refractivity contribution in [1.82, 2.24) is 0 Å². The molecular weight excluding hydrogens is 488 g/mol. The van der Waals surface area contributed by atoms with Crippen molar-refractivity contribution >= 4 is 34.9 Å². The first-order chi connectivity index (χ1) is 17.3. The van der Waals surface area contributed by atoms with Gasteiger partial charge in [-0.15, -0.1) is 0 Å². The van der Waals surface area contributed by atoms with Crippen LogP contribution in [0.25, 0.3) is 0 Å². The van der Waals surface area contributed by atoms with Crippen LogP contribution in [-0.2, 0) is 25.5 Å². The number of anilines is 1. The van der Waals surface area contributed by atoms with Gasteiger partial charge in [0.05, 0.1) is 16.8 Å². The predicted octanol–water partition coefficient (Wildman–Crippen LogP) is 4.13. The highest BCUT2D eigenvalue weighted by Crippen LogP contribution is 2.38. The normalized spacial score (nSPS) is 24.4. The van der Waals surface area contributed by atoms with Gasteiger partial charge in [0.25, 0.3) is 5.91 Å². The van der Waals surface area contributed by atoms with E-state index < -0.39 is 29.5 Å². The van der Waals surface area contributed by atoms with Gasteiger partial charge in [-0.25, -0.2) is 4.79 Å². The number of cyclic esters (lactones) is 1. The van der Waals surface area contributed by atoms with Crippen LogP contribution in [0.1, 0.15) is 29.3 Å². The van der Waals surface area contributed by atoms with Gasteiger partial charge in [0.2, 0.25) is 0 Å². The van der Waals surface area contributed by atoms with Crippen LogP contribution in [0.2, 0.25) is 5.02 Å². The maximum absolute atomic E-state index is 13.0. The monoisotopic (exact) mass is 512 g/mol. The van der Waals surface area contributed by atoms with Crippen LogP contribution < -0.4 is 5.32 Å². The molecule has 0 spiro atoms. The number of phenols is 2. The van der Waals surface area contributed by atoms with Gasteiger partial charge in [0.15, 0.2) is 6.61 Å². The van der Waals surface area contributed by atoms with Crippen molar-refractivity contribution in [3.63, 3.8) is 0 Å². The number of oxime groups is 1. The lowest BCUT2D eigenvalue weighted by molar-refractivity contribution is -0.120. The lowest BCUT2D eigenvalue weighted by Crippen LogP contribution is -2.20. The minimum Gasteiger partial charge on any atom is -0.507 e. The zero-order valence-corrected chi connectivity index (χ0v) is 20.1. The second-order valence-electron chi connectivity index (χ2n) is 8.36. The number of epoxide rings is 1. The zero-order chi connectivity index (χ0) is 25.7. The minimum atomic E-state index is -0.798. The molecule has 2 aromatic carbocycles. The lowest BCUT2D eigenvalue weighted by atomic mass is 9.99. The smallest absolute Gasteiger partial charge is 0.342 e. The van der Waals surface area contributed by atoms with E-state index in [1.807, 2.05) is 12.1 Å². The lowest BCUT2D eigenvalue weighted by Gasteiger charge is -2.17. The topological polar surface area (TPSA) is 130 Å². The highest BCUT2D eigenvalue weighted by atomic mass is 35.5. The van der Waals surface area contributed by atoms with Gasteiger partial charge >= 0.3 is 5.97 Å². The molecule has 1 amide bonds. The molecule has 10 heteroatoms. The Hall–Kier alpha value is -3.82. The number of nitrogens with zero attached hydrogens (tertiary/aromatic N) is 1. The summed E-state index contributed by atoms with van der Waals surface area (Å²) in [5.41, 5.74) is 0.801. The molecular formula is C26H25ClN2O7. The van der Waals surface area contributed by atoms with Crippen LogP contribution >= 0.6 is 11.6 Å². The first kappa shape index (κ1) is 25.3. The van der Waals surface area contributed by atoms with Crippen LogP contribution in [0.4, 0.5) is 5.69 Å². The Morgan fingerprint density at radius 3 is 2.78 bits per heavy atom. The first-order valence-corrected chi connectivity index (χ1v) is 11.7. The molecule has 3 atom stereocenters. The molecule has 1 fully saturated rings. The van der Waals surface area contributed by atoms with Gasteiger partial charge in [-0.2, -0.15) is 0 Å². The fourth-order valence-corrected chi connectivity index (χ4v) is 3.96. The Bertz CT molecular complexity index is 1230. The van der Waals surface area contributed by atoms with E-state index in [1.165, 1.54) is 0 Å². The highest BCUT2D eigenvalue weighted by molar-refractivity contribution is 6.33. The number of phenolic OH excluding ortho intramolecular Hbond substituents is 2. The van der Waals surface area contributed by atoms with Crippen LogP contribution in [0.15, 0.2) is 65.9 Å². The van der Waals surface area contributed by atoms with E-state index in [-0.39, 0.29) is 47.1 Å². The minimum absolute atomic E-state index is 0.0866. The first-order valence-electron chi connectivity index (χ1n) is 11.3. The molecule has 9 nitrogen and oxygen atoms in total. The van der Waals surface area contributed by atoms with E-state index in [4.69, 9.17) is 25.9 Å². The number of carbonyl (C=O) groups excluding carboxylic acids is 2. The quantitative estimate of drug-likeness (QED) is 0.319. The summed E-state index contributed by atoms with van der Waals surface area (Å²) in [6.45, 7) is 1.36. The fraction of sp³-hybridized carbons (Fsp3) is 0.269. The predicted molar refractivity (Wildman–Crippen MR) is 133 cm³/mol. The summed E-state index contributed by atoms with van der Waals surface area (Å²) in [4.78, 5) is 30.4. The Morgan fingerprint density at radius 2 is 2.00 bits per heavy atom. The third-order valence-corrected chi connectivity index (χ3v) is 5.93. The number of aromatic hydroxyl groups is 2. The van der Waals surface area contributed by atoms with Gasteiger partial charge in [-0.05, 0) is 30.7 Å². The van der Waals surface area contributed by atoms with Crippen molar-refractivity contribution < 1.29 is 34.1 Å². The highest BCUT2D eigenvalue weighted by Gasteiger charge is 2.38. The molecule has 2 heterocycles. The number of nitrogens with one attached hydrogen (secondary N) is 1. The number of allylic oxidation sites excluding steroid dienone is 3. The summed E-state index contributed by atoms with van der Waals surface area (Å²) >= 11 is 6.32. The van der Waals surface area contributed by atoms with Crippen LogP contribution in [0, 0.1) is 0 Å². The molecule has 0 radical (unpaired) electrons. The summed E-state index contributed by atoms with van der Waals surface area (Å²) in [5, 5.41) is 27.2. The van der Waals surface area contributed by atoms with Crippen molar-refractivity contribution in [2.24, 2.45) is 5.16 Å². The number of rotatable bonds is 4. The SMILES string of the molecule is C[C@@H]1C[C@H]2O[C@@H]2/C=C/C=C/C(=N\OCC(=O)Nc2ccccc2)Cc2c(Cl)c(O)cc(O)c2C(=O)O1. The second-order valence-corrected chi connectivity index (χ2v) is 8.74. The van der Waals surface area contributed by atoms with Gasteiger partial charge < -0.3 is 29.8 Å². The summed E-state index contributed by atoms with van der Waals surface area (Å²) in [6, 6.07) is 9.87. The average Bonchev–Trinajstić information content (AvgIpc) is 3.56. The number of benzene rings is 2. The maximum atomic E-state index is 13.0. The Morgan fingerprint density at radius 1 is 1.22 bits per heavy atom. The Balaban J connectivity index is 1.60. The molecule has 3 N–H and O–H groups in total. The largest absolute Gasteiger partial charge is 0.507 e. The zero-order valence-electron chi connectivity index (χ0n) is 19.4.